The van der Waals surface area contributed by atoms with Gasteiger partial charge in [-0.3, -0.25) is 10.1 Å². The average Bonchev–Trinajstić information content (AvgIpc) is 2.32. The Kier molecular flexibility index (Phi) is 3.15. The minimum Gasteiger partial charge on any atom is -0.332 e. The molecule has 0 atom stereocenters. The number of nitro groups is 1. The highest BCUT2D eigenvalue weighted by atomic mass is 35.5. The molecule has 1 aromatic heterocycles. The first-order chi connectivity index (χ1) is 8.18. The summed E-state index contributed by atoms with van der Waals surface area (Å²) in [5.74, 6) is 0.281. The lowest BCUT2D eigenvalue weighted by Crippen LogP contribution is -1.99. The van der Waals surface area contributed by atoms with Gasteiger partial charge in [-0.1, -0.05) is 23.7 Å². The van der Waals surface area contributed by atoms with Crippen molar-refractivity contribution >= 4 is 28.8 Å². The van der Waals surface area contributed by atoms with Gasteiger partial charge in [-0.25, -0.2) is 9.97 Å². The summed E-state index contributed by atoms with van der Waals surface area (Å²) in [6, 6.07) is 6.23. The minimum atomic E-state index is -0.480. The number of nitrogens with zero attached hydrogens (tertiary/aromatic N) is 3. The number of hydrogen-bond donors (Lipinski definition) is 1. The fourth-order valence-corrected chi connectivity index (χ4v) is 1.42. The predicted molar refractivity (Wildman–Crippen MR) is 63.4 cm³/mol. The molecule has 0 saturated heterocycles. The molecule has 0 aliphatic rings. The summed E-state index contributed by atoms with van der Waals surface area (Å²) in [6.45, 7) is 0. The van der Waals surface area contributed by atoms with Gasteiger partial charge in [0.25, 0.3) is 5.69 Å². The molecule has 17 heavy (non-hydrogen) atoms. The summed E-state index contributed by atoms with van der Waals surface area (Å²) in [5.41, 5.74) is 0.272. The van der Waals surface area contributed by atoms with Crippen molar-refractivity contribution < 1.29 is 4.92 Å². The van der Waals surface area contributed by atoms with Gasteiger partial charge in [0.05, 0.1) is 4.92 Å². The van der Waals surface area contributed by atoms with Crippen LogP contribution in [0.25, 0.3) is 0 Å². The largest absolute Gasteiger partial charge is 0.332 e. The molecular weight excluding hydrogens is 244 g/mol. The van der Waals surface area contributed by atoms with Crippen LogP contribution in [-0.4, -0.2) is 14.9 Å². The van der Waals surface area contributed by atoms with Crippen LogP contribution in [0.2, 0.25) is 5.15 Å². The second-order valence-electron chi connectivity index (χ2n) is 3.10. The zero-order valence-corrected chi connectivity index (χ0v) is 9.26. The molecule has 0 saturated carbocycles. The molecular formula is C10H7ClN4O2. The zero-order chi connectivity index (χ0) is 12.3. The summed E-state index contributed by atoms with van der Waals surface area (Å²) in [6.07, 6.45) is 2.88. The Hall–Kier alpha value is -2.21. The molecule has 1 N–H and O–H groups in total. The van der Waals surface area contributed by atoms with Crippen molar-refractivity contribution in [3.63, 3.8) is 0 Å². The molecule has 0 unspecified atom stereocenters. The molecule has 1 aromatic carbocycles. The van der Waals surface area contributed by atoms with Gasteiger partial charge in [-0.2, -0.15) is 0 Å². The maximum absolute atomic E-state index is 10.8. The molecule has 0 spiro atoms. The smallest absolute Gasteiger partial charge is 0.292 e. The Morgan fingerprint density at radius 3 is 2.65 bits per heavy atom. The van der Waals surface area contributed by atoms with Crippen molar-refractivity contribution in [3.8, 4) is 0 Å². The number of benzene rings is 1. The van der Waals surface area contributed by atoms with Crippen LogP contribution in [0.3, 0.4) is 0 Å². The van der Waals surface area contributed by atoms with Crippen LogP contribution >= 0.6 is 11.6 Å². The van der Waals surface area contributed by atoms with Crippen molar-refractivity contribution in [1.29, 1.82) is 0 Å². The van der Waals surface area contributed by atoms with Crippen molar-refractivity contribution in [2.24, 2.45) is 0 Å². The molecule has 86 valence electrons. The molecule has 7 heteroatoms. The SMILES string of the molecule is O=[N+]([O-])c1ccccc1Nc1nccnc1Cl. The van der Waals surface area contributed by atoms with Crippen LogP contribution in [-0.2, 0) is 0 Å². The number of anilines is 2. The van der Waals surface area contributed by atoms with Crippen LogP contribution in [0.1, 0.15) is 0 Å². The topological polar surface area (TPSA) is 81.0 Å². The number of halogens is 1. The van der Waals surface area contributed by atoms with Gasteiger partial charge in [0.15, 0.2) is 11.0 Å². The van der Waals surface area contributed by atoms with Crippen LogP contribution in [0, 0.1) is 10.1 Å². The third-order valence-corrected chi connectivity index (χ3v) is 2.28. The van der Waals surface area contributed by atoms with Crippen molar-refractivity contribution in [2.75, 3.05) is 5.32 Å². The quantitative estimate of drug-likeness (QED) is 0.669. The van der Waals surface area contributed by atoms with Gasteiger partial charge >= 0.3 is 0 Å². The van der Waals surface area contributed by atoms with Gasteiger partial charge in [-0.15, -0.1) is 0 Å². The lowest BCUT2D eigenvalue weighted by atomic mass is 10.2. The monoisotopic (exact) mass is 250 g/mol. The average molecular weight is 251 g/mol. The Bertz CT molecular complexity index is 562. The predicted octanol–water partition coefficient (Wildman–Crippen LogP) is 2.78. The first kappa shape index (κ1) is 11.3. The first-order valence-electron chi connectivity index (χ1n) is 4.65. The second-order valence-corrected chi connectivity index (χ2v) is 3.45. The second kappa shape index (κ2) is 4.75. The highest BCUT2D eigenvalue weighted by Crippen LogP contribution is 2.28. The fourth-order valence-electron chi connectivity index (χ4n) is 1.27. The van der Waals surface area contributed by atoms with Crippen molar-refractivity contribution in [1.82, 2.24) is 9.97 Å². The summed E-state index contributed by atoms with van der Waals surface area (Å²) in [5, 5.41) is 13.7. The van der Waals surface area contributed by atoms with Crippen LogP contribution in [0.15, 0.2) is 36.7 Å². The van der Waals surface area contributed by atoms with E-state index in [4.69, 9.17) is 11.6 Å². The molecule has 0 bridgehead atoms. The maximum atomic E-state index is 10.8. The highest BCUT2D eigenvalue weighted by Gasteiger charge is 2.13. The number of aromatic nitrogens is 2. The van der Waals surface area contributed by atoms with Crippen LogP contribution in [0.4, 0.5) is 17.2 Å². The van der Waals surface area contributed by atoms with E-state index in [1.165, 1.54) is 18.5 Å². The number of hydrogen-bond acceptors (Lipinski definition) is 5. The Morgan fingerprint density at radius 1 is 1.24 bits per heavy atom. The molecule has 0 aliphatic carbocycles. The maximum Gasteiger partial charge on any atom is 0.292 e. The van der Waals surface area contributed by atoms with E-state index in [9.17, 15) is 10.1 Å². The highest BCUT2D eigenvalue weighted by molar-refractivity contribution is 6.31. The number of rotatable bonds is 3. The summed E-state index contributed by atoms with van der Waals surface area (Å²) >= 11 is 5.80. The van der Waals surface area contributed by atoms with E-state index in [2.05, 4.69) is 15.3 Å². The van der Waals surface area contributed by atoms with Crippen molar-refractivity contribution in [2.45, 2.75) is 0 Å². The summed E-state index contributed by atoms with van der Waals surface area (Å²) in [4.78, 5) is 18.1. The fraction of sp³-hybridized carbons (Fsp3) is 0. The molecule has 1 heterocycles. The van der Waals surface area contributed by atoms with E-state index < -0.39 is 4.92 Å². The summed E-state index contributed by atoms with van der Waals surface area (Å²) < 4.78 is 0. The van der Waals surface area contributed by atoms with E-state index >= 15 is 0 Å². The lowest BCUT2D eigenvalue weighted by Gasteiger charge is -2.06. The van der Waals surface area contributed by atoms with E-state index in [0.717, 1.165) is 0 Å². The zero-order valence-electron chi connectivity index (χ0n) is 8.50. The Balaban J connectivity index is 2.37. The van der Waals surface area contributed by atoms with E-state index in [-0.39, 0.29) is 16.7 Å². The standard InChI is InChI=1S/C10H7ClN4O2/c11-9-10(13-6-5-12-9)14-7-3-1-2-4-8(7)15(16)17/h1-6H,(H,13,14). The Morgan fingerprint density at radius 2 is 1.94 bits per heavy atom. The van der Waals surface area contributed by atoms with Gasteiger partial charge in [-0.05, 0) is 6.07 Å². The van der Waals surface area contributed by atoms with Gasteiger partial charge in [0.2, 0.25) is 0 Å². The van der Waals surface area contributed by atoms with E-state index in [0.29, 0.717) is 5.69 Å². The summed E-state index contributed by atoms with van der Waals surface area (Å²) in [7, 11) is 0. The number of nitro benzene ring substituents is 1. The number of para-hydroxylation sites is 2. The van der Waals surface area contributed by atoms with Crippen LogP contribution in [0.5, 0.6) is 0 Å². The lowest BCUT2D eigenvalue weighted by molar-refractivity contribution is -0.383. The molecule has 0 radical (unpaired) electrons. The molecule has 2 rings (SSSR count). The molecule has 0 amide bonds. The third kappa shape index (κ3) is 2.48. The third-order valence-electron chi connectivity index (χ3n) is 2.01. The van der Waals surface area contributed by atoms with Gasteiger partial charge < -0.3 is 5.32 Å². The van der Waals surface area contributed by atoms with Crippen molar-refractivity contribution in [3.05, 3.63) is 51.9 Å². The Labute approximate surface area is 101 Å². The van der Waals surface area contributed by atoms with Crippen LogP contribution < -0.4 is 5.32 Å². The molecule has 0 fully saturated rings. The molecule has 0 aliphatic heterocycles. The molecule has 6 nitrogen and oxygen atoms in total. The van der Waals surface area contributed by atoms with E-state index in [1.54, 1.807) is 18.2 Å². The van der Waals surface area contributed by atoms with Gasteiger partial charge in [0.1, 0.15) is 5.69 Å². The molecule has 2 aromatic rings. The van der Waals surface area contributed by atoms with E-state index in [1.807, 2.05) is 0 Å². The number of nitrogens with one attached hydrogen (secondary N) is 1. The minimum absolute atomic E-state index is 0.0470. The first-order valence-corrected chi connectivity index (χ1v) is 5.03. The van der Waals surface area contributed by atoms with Gasteiger partial charge in [0, 0.05) is 18.5 Å². The normalized spacial score (nSPS) is 9.94.